The molecule has 4 rings (SSSR count). The second-order valence-corrected chi connectivity index (χ2v) is 7.34. The summed E-state index contributed by atoms with van der Waals surface area (Å²) in [4.78, 5) is 26.7. The third-order valence-electron chi connectivity index (χ3n) is 4.11. The van der Waals surface area contributed by atoms with E-state index in [1.807, 2.05) is 0 Å². The summed E-state index contributed by atoms with van der Waals surface area (Å²) in [5, 5.41) is 11.9. The third kappa shape index (κ3) is 3.95. The Morgan fingerprint density at radius 3 is 2.53 bits per heavy atom. The zero-order valence-corrected chi connectivity index (χ0v) is 17.0. The molecule has 3 aromatic rings. The molecule has 2 aromatic carbocycles. The lowest BCUT2D eigenvalue weighted by molar-refractivity contribution is -0.384. The highest BCUT2D eigenvalue weighted by Gasteiger charge is 2.26. The van der Waals surface area contributed by atoms with Gasteiger partial charge in [0.25, 0.3) is 5.69 Å². The number of aliphatic imine (C=N–C) groups is 1. The van der Waals surface area contributed by atoms with Crippen molar-refractivity contribution >= 4 is 58.4 Å². The molecular weight excluding hydrogens is 455 g/mol. The van der Waals surface area contributed by atoms with Gasteiger partial charge >= 0.3 is 5.97 Å². The van der Waals surface area contributed by atoms with Crippen LogP contribution in [0.1, 0.15) is 11.3 Å². The topological polar surface area (TPSA) is 94.9 Å². The molecule has 150 valence electrons. The Hall–Kier alpha value is -3.13. The summed E-state index contributed by atoms with van der Waals surface area (Å²) < 4.78 is 10.9. The van der Waals surface area contributed by atoms with Gasteiger partial charge in [0.1, 0.15) is 16.5 Å². The van der Waals surface area contributed by atoms with Gasteiger partial charge in [-0.2, -0.15) is 0 Å². The number of esters is 1. The maximum Gasteiger partial charge on any atom is 0.363 e. The molecule has 0 spiro atoms. The highest BCUT2D eigenvalue weighted by atomic mass is 35.5. The Morgan fingerprint density at radius 2 is 1.80 bits per heavy atom. The molecule has 7 nitrogen and oxygen atoms in total. The van der Waals surface area contributed by atoms with Crippen LogP contribution in [0.25, 0.3) is 17.4 Å². The van der Waals surface area contributed by atoms with Gasteiger partial charge in [0.15, 0.2) is 5.70 Å². The average Bonchev–Trinajstić information content (AvgIpc) is 3.29. The molecule has 0 radical (unpaired) electrons. The number of hydrogen-bond donors (Lipinski definition) is 0. The van der Waals surface area contributed by atoms with Gasteiger partial charge in [0.05, 0.1) is 9.95 Å². The first-order valence-electron chi connectivity index (χ1n) is 8.34. The number of halogens is 3. The lowest BCUT2D eigenvalue weighted by atomic mass is 10.2. The average molecular weight is 464 g/mol. The van der Waals surface area contributed by atoms with E-state index in [0.29, 0.717) is 27.1 Å². The highest BCUT2D eigenvalue weighted by molar-refractivity contribution is 6.36. The quantitative estimate of drug-likeness (QED) is 0.200. The summed E-state index contributed by atoms with van der Waals surface area (Å²) in [6, 6.07) is 12.3. The number of hydrogen-bond acceptors (Lipinski definition) is 6. The fraction of sp³-hybridized carbons (Fsp3) is 0. The van der Waals surface area contributed by atoms with Crippen molar-refractivity contribution < 1.29 is 18.9 Å². The van der Waals surface area contributed by atoms with E-state index in [4.69, 9.17) is 44.0 Å². The highest BCUT2D eigenvalue weighted by Crippen LogP contribution is 2.32. The summed E-state index contributed by atoms with van der Waals surface area (Å²) in [7, 11) is 0. The minimum absolute atomic E-state index is 0.0225. The summed E-state index contributed by atoms with van der Waals surface area (Å²) in [5.74, 6) is 0.0334. The van der Waals surface area contributed by atoms with Crippen LogP contribution < -0.4 is 0 Å². The molecule has 0 amide bonds. The summed E-state index contributed by atoms with van der Waals surface area (Å²) in [6.45, 7) is 0. The van der Waals surface area contributed by atoms with Crippen molar-refractivity contribution in [2.24, 2.45) is 4.99 Å². The van der Waals surface area contributed by atoms with Crippen LogP contribution in [0.5, 0.6) is 0 Å². The lowest BCUT2D eigenvalue weighted by Gasteiger charge is -2.00. The predicted octanol–water partition coefficient (Wildman–Crippen LogP) is 6.16. The number of carbonyl (C=O) groups excluding carboxylic acids is 1. The second kappa shape index (κ2) is 7.95. The first-order chi connectivity index (χ1) is 14.3. The van der Waals surface area contributed by atoms with Crippen LogP contribution in [-0.4, -0.2) is 16.8 Å². The first-order valence-corrected chi connectivity index (χ1v) is 9.47. The molecule has 0 saturated heterocycles. The zero-order chi connectivity index (χ0) is 21.4. The van der Waals surface area contributed by atoms with Gasteiger partial charge in [0.2, 0.25) is 5.90 Å². The van der Waals surface area contributed by atoms with Crippen LogP contribution in [0.3, 0.4) is 0 Å². The monoisotopic (exact) mass is 462 g/mol. The van der Waals surface area contributed by atoms with Gasteiger partial charge in [0, 0.05) is 28.3 Å². The third-order valence-corrected chi connectivity index (χ3v) is 4.98. The minimum atomic E-state index is -0.718. The Balaban J connectivity index is 1.64. The maximum atomic E-state index is 12.2. The largest absolute Gasteiger partial charge is 0.457 e. The van der Waals surface area contributed by atoms with Gasteiger partial charge in [-0.05, 0) is 42.5 Å². The van der Waals surface area contributed by atoms with Crippen molar-refractivity contribution in [3.63, 3.8) is 0 Å². The summed E-state index contributed by atoms with van der Waals surface area (Å²) in [5.41, 5.74) is 0.542. The van der Waals surface area contributed by atoms with Crippen molar-refractivity contribution in [3.05, 3.63) is 90.7 Å². The number of nitro groups is 1. The van der Waals surface area contributed by atoms with E-state index in [0.717, 1.165) is 0 Å². The van der Waals surface area contributed by atoms with Gasteiger partial charge in [-0.3, -0.25) is 10.1 Å². The van der Waals surface area contributed by atoms with Gasteiger partial charge in [-0.1, -0.05) is 34.8 Å². The number of carbonyl (C=O) groups is 1. The van der Waals surface area contributed by atoms with Crippen LogP contribution in [-0.2, 0) is 9.53 Å². The van der Waals surface area contributed by atoms with Crippen molar-refractivity contribution in [1.29, 1.82) is 0 Å². The van der Waals surface area contributed by atoms with E-state index >= 15 is 0 Å². The van der Waals surface area contributed by atoms with Gasteiger partial charge in [-0.15, -0.1) is 0 Å². The number of rotatable bonds is 4. The fourth-order valence-electron chi connectivity index (χ4n) is 2.72. The van der Waals surface area contributed by atoms with Crippen molar-refractivity contribution in [3.8, 4) is 11.3 Å². The van der Waals surface area contributed by atoms with E-state index in [1.54, 1.807) is 30.3 Å². The normalized spacial score (nSPS) is 14.7. The van der Waals surface area contributed by atoms with E-state index in [-0.39, 0.29) is 27.9 Å². The Bertz CT molecular complexity index is 1260. The Labute approximate surface area is 184 Å². The van der Waals surface area contributed by atoms with E-state index in [9.17, 15) is 14.9 Å². The SMILES string of the molecule is O=C1OC(c2ccc(Cl)c([N+](=O)[O-])c2)=NC1=Cc1ccc(-c2ccc(Cl)cc2Cl)o1. The lowest BCUT2D eigenvalue weighted by Crippen LogP contribution is -2.06. The molecule has 10 heteroatoms. The summed E-state index contributed by atoms with van der Waals surface area (Å²) in [6.07, 6.45) is 1.40. The van der Waals surface area contributed by atoms with Crippen LogP contribution in [0.4, 0.5) is 5.69 Å². The molecule has 0 N–H and O–H groups in total. The Morgan fingerprint density at radius 1 is 1.00 bits per heavy atom. The van der Waals surface area contributed by atoms with E-state index in [2.05, 4.69) is 4.99 Å². The molecule has 0 atom stereocenters. The van der Waals surface area contributed by atoms with Crippen molar-refractivity contribution in [2.45, 2.75) is 0 Å². The fourth-order valence-corrected chi connectivity index (χ4v) is 3.41. The Kier molecular flexibility index (Phi) is 5.34. The molecule has 0 unspecified atom stereocenters. The van der Waals surface area contributed by atoms with Crippen molar-refractivity contribution in [2.75, 3.05) is 0 Å². The zero-order valence-electron chi connectivity index (χ0n) is 14.8. The molecule has 0 bridgehead atoms. The molecule has 2 heterocycles. The predicted molar refractivity (Wildman–Crippen MR) is 113 cm³/mol. The number of ether oxygens (including phenoxy) is 1. The second-order valence-electron chi connectivity index (χ2n) is 6.09. The molecule has 0 fully saturated rings. The number of nitro benzene ring substituents is 1. The van der Waals surface area contributed by atoms with Gasteiger partial charge in [-0.25, -0.2) is 9.79 Å². The smallest absolute Gasteiger partial charge is 0.363 e. The molecule has 1 aliphatic rings. The van der Waals surface area contributed by atoms with E-state index < -0.39 is 10.9 Å². The summed E-state index contributed by atoms with van der Waals surface area (Å²) >= 11 is 17.9. The van der Waals surface area contributed by atoms with Crippen LogP contribution in [0.15, 0.2) is 63.6 Å². The molecule has 0 aliphatic carbocycles. The van der Waals surface area contributed by atoms with E-state index in [1.165, 1.54) is 24.3 Å². The van der Waals surface area contributed by atoms with Crippen LogP contribution in [0.2, 0.25) is 15.1 Å². The standard InChI is InChI=1S/C20H9Cl3N2O5/c21-11-2-4-13(15(23)8-11)18-6-3-12(29-18)9-16-20(26)30-19(24-16)10-1-5-14(22)17(7-10)25(27)28/h1-9H. The number of cyclic esters (lactones) is 1. The maximum absolute atomic E-state index is 12.2. The van der Waals surface area contributed by atoms with Crippen LogP contribution in [0, 0.1) is 10.1 Å². The molecule has 1 aromatic heterocycles. The van der Waals surface area contributed by atoms with Crippen LogP contribution >= 0.6 is 34.8 Å². The minimum Gasteiger partial charge on any atom is -0.457 e. The number of nitrogens with zero attached hydrogens (tertiary/aromatic N) is 2. The molecule has 30 heavy (non-hydrogen) atoms. The molecule has 0 saturated carbocycles. The molecular formula is C20H9Cl3N2O5. The number of benzene rings is 2. The molecule has 1 aliphatic heterocycles. The first kappa shape index (κ1) is 20.2. The van der Waals surface area contributed by atoms with Gasteiger partial charge < -0.3 is 9.15 Å². The van der Waals surface area contributed by atoms with Crippen molar-refractivity contribution in [1.82, 2.24) is 0 Å². The number of furan rings is 1.